The summed E-state index contributed by atoms with van der Waals surface area (Å²) in [5.41, 5.74) is 0.449. The highest BCUT2D eigenvalue weighted by atomic mass is 32.2. The SMILES string of the molecule is CC(=O)SC(CC(=O)OC(=O)[C@@H]1CCCN1)C(=O)c1ccsc1. The molecule has 1 aromatic rings. The second-order valence-corrected chi connectivity index (χ2v) is 7.28. The predicted molar refractivity (Wildman–Crippen MR) is 87.5 cm³/mol. The van der Waals surface area contributed by atoms with Gasteiger partial charge < -0.3 is 10.1 Å². The fraction of sp³-hybridized carbons (Fsp3) is 0.467. The first-order chi connectivity index (χ1) is 11.0. The van der Waals surface area contributed by atoms with E-state index < -0.39 is 23.2 Å². The molecule has 1 aliphatic rings. The molecule has 0 amide bonds. The number of rotatable bonds is 6. The second-order valence-electron chi connectivity index (χ2n) is 5.12. The van der Waals surface area contributed by atoms with Crippen molar-refractivity contribution in [1.29, 1.82) is 0 Å². The Bertz CT molecular complexity index is 593. The molecule has 1 aliphatic heterocycles. The fourth-order valence-electron chi connectivity index (χ4n) is 2.24. The van der Waals surface area contributed by atoms with Crippen molar-refractivity contribution in [2.45, 2.75) is 37.5 Å². The maximum absolute atomic E-state index is 12.3. The van der Waals surface area contributed by atoms with Crippen molar-refractivity contribution in [1.82, 2.24) is 5.32 Å². The number of carbonyl (C=O) groups excluding carboxylic acids is 4. The Morgan fingerprint density at radius 1 is 1.43 bits per heavy atom. The summed E-state index contributed by atoms with van der Waals surface area (Å²) in [6, 6.07) is 1.17. The van der Waals surface area contributed by atoms with Gasteiger partial charge in [0.1, 0.15) is 6.04 Å². The monoisotopic (exact) mass is 355 g/mol. The third-order valence-corrected chi connectivity index (χ3v) is 5.00. The highest BCUT2D eigenvalue weighted by Gasteiger charge is 2.30. The largest absolute Gasteiger partial charge is 0.392 e. The predicted octanol–water partition coefficient (Wildman–Crippen LogP) is 1.79. The van der Waals surface area contributed by atoms with Gasteiger partial charge in [-0.1, -0.05) is 11.8 Å². The van der Waals surface area contributed by atoms with E-state index in [4.69, 9.17) is 4.74 Å². The van der Waals surface area contributed by atoms with Crippen LogP contribution >= 0.6 is 23.1 Å². The van der Waals surface area contributed by atoms with Gasteiger partial charge in [-0.3, -0.25) is 14.4 Å². The minimum Gasteiger partial charge on any atom is -0.392 e. The molecule has 1 saturated heterocycles. The maximum Gasteiger partial charge on any atom is 0.330 e. The Balaban J connectivity index is 1.96. The summed E-state index contributed by atoms with van der Waals surface area (Å²) < 4.78 is 4.80. The lowest BCUT2D eigenvalue weighted by atomic mass is 10.1. The van der Waals surface area contributed by atoms with E-state index >= 15 is 0 Å². The van der Waals surface area contributed by atoms with Gasteiger partial charge in [-0.2, -0.15) is 11.3 Å². The molecule has 0 spiro atoms. The van der Waals surface area contributed by atoms with Gasteiger partial charge in [0.2, 0.25) is 0 Å². The summed E-state index contributed by atoms with van der Waals surface area (Å²) in [6.07, 6.45) is 1.18. The summed E-state index contributed by atoms with van der Waals surface area (Å²) in [4.78, 5) is 47.4. The number of nitrogens with one attached hydrogen (secondary N) is 1. The van der Waals surface area contributed by atoms with E-state index in [1.54, 1.807) is 16.8 Å². The normalized spacial score (nSPS) is 18.4. The Hall–Kier alpha value is -1.51. The quantitative estimate of drug-likeness (QED) is 0.473. The van der Waals surface area contributed by atoms with Crippen LogP contribution in [0.1, 0.15) is 36.5 Å². The van der Waals surface area contributed by atoms with Crippen LogP contribution in [0.15, 0.2) is 16.8 Å². The number of hydrogen-bond donors (Lipinski definition) is 1. The molecule has 0 aliphatic carbocycles. The van der Waals surface area contributed by atoms with Gasteiger partial charge in [0.05, 0.1) is 11.7 Å². The second kappa shape index (κ2) is 8.37. The van der Waals surface area contributed by atoms with Crippen LogP contribution < -0.4 is 5.32 Å². The number of thioether (sulfide) groups is 1. The van der Waals surface area contributed by atoms with Crippen LogP contribution in [-0.2, 0) is 19.1 Å². The molecule has 1 unspecified atom stereocenters. The van der Waals surface area contributed by atoms with E-state index in [1.165, 1.54) is 18.3 Å². The lowest BCUT2D eigenvalue weighted by Crippen LogP contribution is -2.35. The van der Waals surface area contributed by atoms with Crippen molar-refractivity contribution in [2.24, 2.45) is 0 Å². The minimum atomic E-state index is -0.876. The molecule has 2 atom stereocenters. The maximum atomic E-state index is 12.3. The van der Waals surface area contributed by atoms with Gasteiger partial charge in [0.15, 0.2) is 10.9 Å². The third-order valence-electron chi connectivity index (χ3n) is 3.32. The number of esters is 2. The topological polar surface area (TPSA) is 89.5 Å². The van der Waals surface area contributed by atoms with Crippen molar-refractivity contribution in [3.8, 4) is 0 Å². The minimum absolute atomic E-state index is 0.268. The van der Waals surface area contributed by atoms with E-state index in [0.29, 0.717) is 18.5 Å². The van der Waals surface area contributed by atoms with Gasteiger partial charge in [0.25, 0.3) is 0 Å². The molecule has 124 valence electrons. The van der Waals surface area contributed by atoms with Crippen LogP contribution in [0, 0.1) is 0 Å². The molecule has 1 N–H and O–H groups in total. The fourth-order valence-corrected chi connectivity index (χ4v) is 3.75. The standard InChI is InChI=1S/C15H17NO5S2/c1-9(17)23-12(14(19)10-4-6-22-8-10)7-13(18)21-15(20)11-3-2-5-16-11/h4,6,8,11-12,16H,2-3,5,7H2,1H3/t11-,12?/m0/s1. The Morgan fingerprint density at radius 3 is 2.78 bits per heavy atom. The van der Waals surface area contributed by atoms with Crippen molar-refractivity contribution >= 4 is 45.9 Å². The molecule has 6 nitrogen and oxygen atoms in total. The van der Waals surface area contributed by atoms with E-state index in [2.05, 4.69) is 5.32 Å². The van der Waals surface area contributed by atoms with Crippen LogP contribution in [0.2, 0.25) is 0 Å². The molecule has 1 fully saturated rings. The van der Waals surface area contributed by atoms with Crippen LogP contribution in [0.5, 0.6) is 0 Å². The molecule has 0 saturated carbocycles. The number of ketones is 1. The van der Waals surface area contributed by atoms with Gasteiger partial charge in [0, 0.05) is 17.9 Å². The average molecular weight is 355 g/mol. The molecular weight excluding hydrogens is 338 g/mol. The molecule has 2 rings (SSSR count). The first kappa shape index (κ1) is 17.8. The summed E-state index contributed by atoms with van der Waals surface area (Å²) in [5.74, 6) is -1.72. The Labute approximate surface area is 142 Å². The zero-order valence-electron chi connectivity index (χ0n) is 12.6. The molecule has 8 heteroatoms. The van der Waals surface area contributed by atoms with E-state index in [9.17, 15) is 19.2 Å². The summed E-state index contributed by atoms with van der Waals surface area (Å²) in [5, 5.41) is 5.20. The van der Waals surface area contributed by atoms with Gasteiger partial charge in [-0.05, 0) is 30.8 Å². The van der Waals surface area contributed by atoms with Crippen LogP contribution in [0.4, 0.5) is 0 Å². The Morgan fingerprint density at radius 2 is 2.22 bits per heavy atom. The molecule has 1 aromatic heterocycles. The molecule has 0 bridgehead atoms. The summed E-state index contributed by atoms with van der Waals surface area (Å²) >= 11 is 2.14. The molecular formula is C15H17NO5S2. The first-order valence-corrected chi connectivity index (χ1v) is 9.01. The summed E-state index contributed by atoms with van der Waals surface area (Å²) in [6.45, 7) is 2.05. The van der Waals surface area contributed by atoms with E-state index in [-0.39, 0.29) is 17.3 Å². The lowest BCUT2D eigenvalue weighted by Gasteiger charge is -2.13. The van der Waals surface area contributed by atoms with Gasteiger partial charge in [-0.25, -0.2) is 4.79 Å². The number of carbonyl (C=O) groups is 4. The smallest absolute Gasteiger partial charge is 0.330 e. The molecule has 0 aromatic carbocycles. The van der Waals surface area contributed by atoms with Crippen molar-refractivity contribution in [3.05, 3.63) is 22.4 Å². The third kappa shape index (κ3) is 5.26. The zero-order valence-corrected chi connectivity index (χ0v) is 14.2. The summed E-state index contributed by atoms with van der Waals surface area (Å²) in [7, 11) is 0. The van der Waals surface area contributed by atoms with Crippen LogP contribution in [0.25, 0.3) is 0 Å². The highest BCUT2D eigenvalue weighted by molar-refractivity contribution is 8.14. The lowest BCUT2D eigenvalue weighted by molar-refractivity contribution is -0.160. The first-order valence-electron chi connectivity index (χ1n) is 7.19. The zero-order chi connectivity index (χ0) is 16.8. The van der Waals surface area contributed by atoms with Gasteiger partial charge >= 0.3 is 11.9 Å². The number of Topliss-reactive ketones (excluding diaryl/α,β-unsaturated/α-hetero) is 1. The van der Waals surface area contributed by atoms with Crippen LogP contribution in [-0.4, -0.2) is 40.7 Å². The van der Waals surface area contributed by atoms with Crippen molar-refractivity contribution in [2.75, 3.05) is 6.54 Å². The van der Waals surface area contributed by atoms with E-state index in [0.717, 1.165) is 18.2 Å². The van der Waals surface area contributed by atoms with Crippen molar-refractivity contribution in [3.63, 3.8) is 0 Å². The van der Waals surface area contributed by atoms with Crippen LogP contribution in [0.3, 0.4) is 0 Å². The highest BCUT2D eigenvalue weighted by Crippen LogP contribution is 2.22. The number of ether oxygens (including phenoxy) is 1. The average Bonchev–Trinajstić information content (AvgIpc) is 3.18. The van der Waals surface area contributed by atoms with Gasteiger partial charge in [-0.15, -0.1) is 0 Å². The molecule has 2 heterocycles. The Kier molecular flexibility index (Phi) is 6.49. The molecule has 23 heavy (non-hydrogen) atoms. The van der Waals surface area contributed by atoms with E-state index in [1.807, 2.05) is 0 Å². The number of hydrogen-bond acceptors (Lipinski definition) is 8. The molecule has 0 radical (unpaired) electrons. The van der Waals surface area contributed by atoms with Crippen molar-refractivity contribution < 1.29 is 23.9 Å². The number of thiophene rings is 1.